The van der Waals surface area contributed by atoms with E-state index in [-0.39, 0.29) is 28.4 Å². The third-order valence-electron chi connectivity index (χ3n) is 17.2. The molecule has 0 fully saturated rings. The van der Waals surface area contributed by atoms with Crippen LogP contribution in [-0.4, -0.2) is 24.5 Å². The standard InChI is InChI=1S/C75H79BGeN4/c1-72(2,3)51-29-37-57(38-30-51)78(58-39-31-52(32-40-58)73(4,5)6)60-43-44-63-68(49-60)81(64-45-35-54(75(10,11)12)47-61(64)50-23-18-16-19-24-50)67-28-22-27-66-69(67)76(63)71-70(79(66)59-41-33-53(34-42-59)74(7,8)9)62-48-55(77(13,14)15)36-46-65(62)80(71)56-25-20-17-21-26-56/h16-49H,1-15H3. The second-order valence-electron chi connectivity index (χ2n) is 28.0. The molecule has 0 unspecified atom stereocenters. The fourth-order valence-electron chi connectivity index (χ4n) is 12.5. The summed E-state index contributed by atoms with van der Waals surface area (Å²) >= 11 is -2.38. The maximum Gasteiger partial charge on any atom is -0.0377 e. The summed E-state index contributed by atoms with van der Waals surface area (Å²) in [5, 5.41) is 1.29. The minimum Gasteiger partial charge on any atom is -0.0564 e. The van der Waals surface area contributed by atoms with Gasteiger partial charge in [0.15, 0.2) is 0 Å². The third kappa shape index (κ3) is 9.63. The van der Waals surface area contributed by atoms with Crippen molar-refractivity contribution in [1.82, 2.24) is 4.57 Å². The van der Waals surface area contributed by atoms with Crippen LogP contribution in [0.2, 0.25) is 17.3 Å². The van der Waals surface area contributed by atoms with Gasteiger partial charge in [-0.2, -0.15) is 0 Å². The Balaban J connectivity index is 1.21. The first kappa shape index (κ1) is 54.1. The van der Waals surface area contributed by atoms with E-state index in [0.29, 0.717) is 0 Å². The Morgan fingerprint density at radius 1 is 0.395 bits per heavy atom. The summed E-state index contributed by atoms with van der Waals surface area (Å²) < 4.78 is 4.11. The molecule has 10 aromatic rings. The molecule has 4 nitrogen and oxygen atoms in total. The minimum atomic E-state index is -2.38. The molecule has 0 atom stereocenters. The number of aromatic nitrogens is 1. The first-order valence-electron chi connectivity index (χ1n) is 29.3. The molecule has 0 bridgehead atoms. The fourth-order valence-corrected chi connectivity index (χ4v) is 14.9. The third-order valence-corrected chi connectivity index (χ3v) is 21.5. The number of benzene rings is 9. The Morgan fingerprint density at radius 2 is 0.901 bits per heavy atom. The van der Waals surface area contributed by atoms with Gasteiger partial charge in [0.2, 0.25) is 0 Å². The van der Waals surface area contributed by atoms with Crippen LogP contribution in [0.3, 0.4) is 0 Å². The Morgan fingerprint density at radius 3 is 1.44 bits per heavy atom. The van der Waals surface area contributed by atoms with Crippen molar-refractivity contribution in [1.29, 1.82) is 0 Å². The van der Waals surface area contributed by atoms with Gasteiger partial charge in [0.25, 0.3) is 0 Å². The van der Waals surface area contributed by atoms with Gasteiger partial charge in [0.1, 0.15) is 0 Å². The van der Waals surface area contributed by atoms with Crippen LogP contribution in [0.25, 0.3) is 27.7 Å². The molecule has 3 heterocycles. The molecule has 2 aliphatic heterocycles. The molecule has 0 N–H and O–H groups in total. The molecule has 406 valence electrons. The molecular formula is C75H79BGeN4. The molecule has 0 saturated carbocycles. The predicted octanol–water partition coefficient (Wildman–Crippen LogP) is 18.6. The molecule has 81 heavy (non-hydrogen) atoms. The second-order valence-corrected chi connectivity index (χ2v) is 38.7. The molecule has 0 saturated heterocycles. The van der Waals surface area contributed by atoms with Crippen LogP contribution in [0, 0.1) is 0 Å². The van der Waals surface area contributed by atoms with Crippen LogP contribution in [0.15, 0.2) is 206 Å². The average Bonchev–Trinajstić information content (AvgIpc) is 3.94. The van der Waals surface area contributed by atoms with Crippen molar-refractivity contribution in [3.8, 4) is 16.8 Å². The van der Waals surface area contributed by atoms with Gasteiger partial charge in [-0.1, -0.05) is 117 Å². The van der Waals surface area contributed by atoms with Crippen molar-refractivity contribution in [2.45, 2.75) is 122 Å². The molecular weight excluding hydrogens is 1040 g/mol. The van der Waals surface area contributed by atoms with Crippen LogP contribution < -0.4 is 35.6 Å². The first-order valence-corrected chi connectivity index (χ1v) is 36.6. The van der Waals surface area contributed by atoms with Gasteiger partial charge in [-0.15, -0.1) is 0 Å². The number of nitrogens with zero attached hydrogens (tertiary/aromatic N) is 4. The van der Waals surface area contributed by atoms with E-state index in [9.17, 15) is 0 Å². The summed E-state index contributed by atoms with van der Waals surface area (Å²) in [6, 6.07) is 79.4. The smallest absolute Gasteiger partial charge is 0.0377 e. The number of rotatable bonds is 8. The van der Waals surface area contributed by atoms with E-state index in [4.69, 9.17) is 0 Å². The number of hydrogen-bond acceptors (Lipinski definition) is 3. The van der Waals surface area contributed by atoms with Crippen LogP contribution in [-0.2, 0) is 21.7 Å². The van der Waals surface area contributed by atoms with Gasteiger partial charge >= 0.3 is 315 Å². The SMILES string of the molecule is CC(C)(C)c1ccc(N(c2ccc(C(C)(C)C)cc2)c2ccc3c(c2)N(c2ccc(C(C)(C)C)cc2-c2ccccc2)c2cccc4c2B3c2c(c3c[c]([Ge]([CH3])([CH3])[CH3])ccc3n2-c2ccccc2)N4c2ccc(C(C)(C)C)cc2)cc1. The monoisotopic (exact) mass is 1120 g/mol. The maximum absolute atomic E-state index is 2.63. The van der Waals surface area contributed by atoms with Crippen LogP contribution >= 0.6 is 0 Å². The number of anilines is 9. The Kier molecular flexibility index (Phi) is 13.1. The van der Waals surface area contributed by atoms with Crippen molar-refractivity contribution in [3.63, 3.8) is 0 Å². The quantitative estimate of drug-likeness (QED) is 0.141. The number of para-hydroxylation sites is 1. The van der Waals surface area contributed by atoms with Crippen molar-refractivity contribution < 1.29 is 0 Å². The molecule has 12 rings (SSSR count). The van der Waals surface area contributed by atoms with E-state index in [1.165, 1.54) is 82.3 Å². The van der Waals surface area contributed by atoms with Gasteiger partial charge in [0.05, 0.1) is 0 Å². The Labute approximate surface area is 486 Å². The molecule has 0 aliphatic carbocycles. The molecule has 9 aromatic carbocycles. The van der Waals surface area contributed by atoms with Crippen LogP contribution in [0.4, 0.5) is 51.2 Å². The summed E-state index contributed by atoms with van der Waals surface area (Å²) in [4.78, 5) is 7.72. The van der Waals surface area contributed by atoms with E-state index in [2.05, 4.69) is 326 Å². The van der Waals surface area contributed by atoms with Crippen LogP contribution in [0.1, 0.15) is 105 Å². The van der Waals surface area contributed by atoms with Crippen molar-refractivity contribution in [2.75, 3.05) is 14.7 Å². The number of hydrogen-bond donors (Lipinski definition) is 0. The average molecular weight is 1120 g/mol. The summed E-state index contributed by atoms with van der Waals surface area (Å²) in [6.07, 6.45) is 0. The largest absolute Gasteiger partial charge is 0.0564 e. The molecule has 1 aromatic heterocycles. The topological polar surface area (TPSA) is 14.7 Å². The predicted molar refractivity (Wildman–Crippen MR) is 355 cm³/mol. The van der Waals surface area contributed by atoms with Crippen molar-refractivity contribution in [2.24, 2.45) is 0 Å². The van der Waals surface area contributed by atoms with Gasteiger partial charge in [-0.05, 0) is 57.2 Å². The van der Waals surface area contributed by atoms with E-state index < -0.39 is 13.3 Å². The fraction of sp³-hybridized carbons (Fsp3) is 0.253. The minimum absolute atomic E-state index is 0.00316. The van der Waals surface area contributed by atoms with E-state index in [1.54, 1.807) is 0 Å². The summed E-state index contributed by atoms with van der Waals surface area (Å²) in [5.74, 6) is 7.57. The van der Waals surface area contributed by atoms with E-state index >= 15 is 0 Å². The summed E-state index contributed by atoms with van der Waals surface area (Å²) in [7, 11) is 0. The van der Waals surface area contributed by atoms with Gasteiger partial charge in [-0.25, -0.2) is 0 Å². The van der Waals surface area contributed by atoms with E-state index in [0.717, 1.165) is 39.8 Å². The molecule has 6 heteroatoms. The van der Waals surface area contributed by atoms with Crippen LogP contribution in [0.5, 0.6) is 0 Å². The molecule has 0 amide bonds. The summed E-state index contributed by atoms with van der Waals surface area (Å²) in [6.45, 7) is 27.5. The van der Waals surface area contributed by atoms with Crippen molar-refractivity contribution in [3.05, 3.63) is 229 Å². The molecule has 2 aliphatic rings. The summed E-state index contributed by atoms with van der Waals surface area (Å²) in [5.41, 5.74) is 24.2. The Bertz CT molecular complexity index is 3930. The zero-order valence-corrected chi connectivity index (χ0v) is 52.6. The molecule has 0 spiro atoms. The first-order chi connectivity index (χ1) is 38.4. The van der Waals surface area contributed by atoms with Gasteiger partial charge in [0, 0.05) is 0 Å². The van der Waals surface area contributed by atoms with Gasteiger partial charge < -0.3 is 0 Å². The Hall–Kier alpha value is -7.47. The van der Waals surface area contributed by atoms with E-state index in [1.807, 2.05) is 0 Å². The van der Waals surface area contributed by atoms with Crippen molar-refractivity contribution >= 4 is 103 Å². The number of fused-ring (bicyclic) bond motifs is 6. The molecule has 0 radical (unpaired) electrons. The van der Waals surface area contributed by atoms with Gasteiger partial charge in [-0.3, -0.25) is 0 Å². The second kappa shape index (κ2) is 19.6. The maximum atomic E-state index is 2.63. The zero-order chi connectivity index (χ0) is 57.1. The normalized spacial score (nSPS) is 13.5. The zero-order valence-electron chi connectivity index (χ0n) is 50.5.